The highest BCUT2D eigenvalue weighted by Crippen LogP contribution is 2.43. The first-order valence-corrected chi connectivity index (χ1v) is 8.85. The summed E-state index contributed by atoms with van der Waals surface area (Å²) < 4.78 is 1.66. The topological polar surface area (TPSA) is 59.8 Å². The minimum absolute atomic E-state index is 0.0890. The van der Waals surface area contributed by atoms with Gasteiger partial charge in [0.25, 0.3) is 0 Å². The average molecular weight is 375 g/mol. The maximum Gasteiger partial charge on any atom is 0.246 e. The van der Waals surface area contributed by atoms with Crippen LogP contribution in [0.25, 0.3) is 11.0 Å². The van der Waals surface area contributed by atoms with Crippen molar-refractivity contribution in [3.8, 4) is 0 Å². The molecule has 1 N–H and O–H groups in total. The van der Waals surface area contributed by atoms with Crippen molar-refractivity contribution >= 4 is 45.8 Å². The van der Waals surface area contributed by atoms with Crippen molar-refractivity contribution in [1.82, 2.24) is 14.8 Å². The summed E-state index contributed by atoms with van der Waals surface area (Å²) in [4.78, 5) is 16.8. The highest BCUT2D eigenvalue weighted by molar-refractivity contribution is 6.42. The molecule has 0 radical (unpaired) electrons. The van der Waals surface area contributed by atoms with E-state index in [0.29, 0.717) is 21.7 Å². The van der Waals surface area contributed by atoms with E-state index in [1.165, 1.54) is 18.4 Å². The van der Waals surface area contributed by atoms with Crippen molar-refractivity contribution in [3.05, 3.63) is 51.8 Å². The first kappa shape index (κ1) is 16.4. The molecule has 1 aliphatic carbocycles. The van der Waals surface area contributed by atoms with Crippen molar-refractivity contribution < 1.29 is 4.79 Å². The summed E-state index contributed by atoms with van der Waals surface area (Å²) in [5.74, 6) is 0.410. The van der Waals surface area contributed by atoms with Crippen molar-refractivity contribution in [2.75, 3.05) is 5.32 Å². The summed E-state index contributed by atoms with van der Waals surface area (Å²) in [6.45, 7) is 2.05. The van der Waals surface area contributed by atoms with E-state index < -0.39 is 0 Å². The molecule has 0 bridgehead atoms. The van der Waals surface area contributed by atoms with Gasteiger partial charge in [0.2, 0.25) is 5.91 Å². The number of nitrogens with zero attached hydrogens (tertiary/aromatic N) is 3. The van der Waals surface area contributed by atoms with Crippen molar-refractivity contribution in [1.29, 1.82) is 0 Å². The first-order chi connectivity index (χ1) is 12.0. The smallest absolute Gasteiger partial charge is 0.246 e. The number of amides is 1. The number of nitrogens with one attached hydrogen (secondary N) is 1. The lowest BCUT2D eigenvalue weighted by Gasteiger charge is -2.07. The van der Waals surface area contributed by atoms with Crippen LogP contribution in [-0.2, 0) is 11.3 Å². The van der Waals surface area contributed by atoms with E-state index in [9.17, 15) is 4.79 Å². The van der Waals surface area contributed by atoms with Crippen molar-refractivity contribution in [2.45, 2.75) is 32.2 Å². The molecule has 0 spiro atoms. The van der Waals surface area contributed by atoms with Crippen LogP contribution < -0.4 is 5.32 Å². The van der Waals surface area contributed by atoms with Gasteiger partial charge in [-0.05, 0) is 55.5 Å². The fraction of sp³-hybridized carbons (Fsp3) is 0.278. The molecular weight excluding hydrogens is 359 g/mol. The molecule has 7 heteroatoms. The lowest BCUT2D eigenvalue weighted by Crippen LogP contribution is -2.19. The number of hydrogen-bond acceptors (Lipinski definition) is 3. The monoisotopic (exact) mass is 374 g/mol. The summed E-state index contributed by atoms with van der Waals surface area (Å²) in [6.07, 6.45) is 4.22. The Morgan fingerprint density at radius 1 is 1.28 bits per heavy atom. The van der Waals surface area contributed by atoms with Gasteiger partial charge in [-0.1, -0.05) is 23.2 Å². The first-order valence-electron chi connectivity index (χ1n) is 8.10. The minimum atomic E-state index is -0.193. The molecule has 0 aliphatic heterocycles. The van der Waals surface area contributed by atoms with Gasteiger partial charge in [0.15, 0.2) is 5.65 Å². The Morgan fingerprint density at radius 2 is 2.08 bits per heavy atom. The Morgan fingerprint density at radius 3 is 2.80 bits per heavy atom. The van der Waals surface area contributed by atoms with Gasteiger partial charge in [-0.2, -0.15) is 5.10 Å². The molecule has 0 saturated heterocycles. The van der Waals surface area contributed by atoms with E-state index >= 15 is 0 Å². The van der Waals surface area contributed by atoms with E-state index in [2.05, 4.69) is 21.5 Å². The van der Waals surface area contributed by atoms with Gasteiger partial charge < -0.3 is 5.32 Å². The number of anilines is 1. The molecule has 0 unspecified atom stereocenters. The van der Waals surface area contributed by atoms with Crippen LogP contribution in [0.3, 0.4) is 0 Å². The van der Waals surface area contributed by atoms with E-state index in [1.807, 2.05) is 6.92 Å². The molecule has 2 aromatic heterocycles. The molecule has 1 aromatic carbocycles. The van der Waals surface area contributed by atoms with Gasteiger partial charge in [0, 0.05) is 17.3 Å². The third-order valence-corrected chi connectivity index (χ3v) is 5.09. The highest BCUT2D eigenvalue weighted by Gasteiger charge is 2.27. The quantitative estimate of drug-likeness (QED) is 0.727. The lowest BCUT2D eigenvalue weighted by molar-refractivity contribution is -0.116. The number of pyridine rings is 1. The Labute approximate surface area is 154 Å². The Balaban J connectivity index is 1.59. The predicted octanol–water partition coefficient (Wildman–Crippen LogP) is 4.56. The normalized spacial score (nSPS) is 14.0. The van der Waals surface area contributed by atoms with Crippen LogP contribution in [0.4, 0.5) is 5.69 Å². The molecule has 1 amide bonds. The molecule has 1 aliphatic rings. The van der Waals surface area contributed by atoms with Gasteiger partial charge >= 0.3 is 0 Å². The van der Waals surface area contributed by atoms with E-state index in [1.54, 1.807) is 29.1 Å². The van der Waals surface area contributed by atoms with Crippen LogP contribution in [-0.4, -0.2) is 20.7 Å². The van der Waals surface area contributed by atoms with E-state index in [-0.39, 0.29) is 12.5 Å². The fourth-order valence-corrected chi connectivity index (χ4v) is 3.36. The van der Waals surface area contributed by atoms with Gasteiger partial charge in [0.1, 0.15) is 6.54 Å². The molecule has 128 valence electrons. The molecule has 25 heavy (non-hydrogen) atoms. The minimum Gasteiger partial charge on any atom is -0.324 e. The van der Waals surface area contributed by atoms with Crippen LogP contribution >= 0.6 is 23.2 Å². The van der Waals surface area contributed by atoms with Crippen LogP contribution in [0.5, 0.6) is 0 Å². The number of carbonyl (C=O) groups excluding carboxylic acids is 1. The predicted molar refractivity (Wildman–Crippen MR) is 99.3 cm³/mol. The Hall–Kier alpha value is -2.11. The maximum absolute atomic E-state index is 12.4. The standard InChI is InChI=1S/C18H16Cl2N4O/c1-10-17-13(11-2-3-11)6-7-21-18(17)24(23-10)9-16(25)22-12-4-5-14(19)15(20)8-12/h4-8,11H,2-3,9H2,1H3,(H,22,25). The highest BCUT2D eigenvalue weighted by atomic mass is 35.5. The molecule has 1 fully saturated rings. The van der Waals surface area contributed by atoms with Crippen LogP contribution in [0.2, 0.25) is 10.0 Å². The average Bonchev–Trinajstić information content (AvgIpc) is 3.37. The molecule has 4 rings (SSSR count). The Bertz CT molecular complexity index is 979. The number of fused-ring (bicyclic) bond motifs is 1. The zero-order chi connectivity index (χ0) is 17.6. The lowest BCUT2D eigenvalue weighted by atomic mass is 10.1. The zero-order valence-corrected chi connectivity index (χ0v) is 15.1. The summed E-state index contributed by atoms with van der Waals surface area (Å²) in [6, 6.07) is 7.05. The summed E-state index contributed by atoms with van der Waals surface area (Å²) in [7, 11) is 0. The molecule has 0 atom stereocenters. The largest absolute Gasteiger partial charge is 0.324 e. The SMILES string of the molecule is Cc1nn(CC(=O)Nc2ccc(Cl)c(Cl)c2)c2nccc(C3CC3)c12. The van der Waals surface area contributed by atoms with Crippen LogP contribution in [0, 0.1) is 6.92 Å². The number of halogens is 2. The van der Waals surface area contributed by atoms with Gasteiger partial charge in [-0.25, -0.2) is 9.67 Å². The van der Waals surface area contributed by atoms with Gasteiger partial charge in [-0.3, -0.25) is 4.79 Å². The van der Waals surface area contributed by atoms with E-state index in [4.69, 9.17) is 23.2 Å². The number of benzene rings is 1. The second kappa shape index (κ2) is 6.32. The second-order valence-electron chi connectivity index (χ2n) is 6.29. The third kappa shape index (κ3) is 3.22. The summed E-state index contributed by atoms with van der Waals surface area (Å²) >= 11 is 11.9. The maximum atomic E-state index is 12.4. The summed E-state index contributed by atoms with van der Waals surface area (Å²) in [5.41, 5.74) is 3.55. The van der Waals surface area contributed by atoms with Gasteiger partial charge in [-0.15, -0.1) is 0 Å². The number of aryl methyl sites for hydroxylation is 1. The second-order valence-corrected chi connectivity index (χ2v) is 7.11. The van der Waals surface area contributed by atoms with Crippen molar-refractivity contribution in [3.63, 3.8) is 0 Å². The van der Waals surface area contributed by atoms with E-state index in [0.717, 1.165) is 16.7 Å². The van der Waals surface area contributed by atoms with Crippen LogP contribution in [0.15, 0.2) is 30.5 Å². The van der Waals surface area contributed by atoms with Crippen molar-refractivity contribution in [2.24, 2.45) is 0 Å². The molecule has 1 saturated carbocycles. The molecule has 2 heterocycles. The van der Waals surface area contributed by atoms with Crippen LogP contribution in [0.1, 0.15) is 30.0 Å². The Kier molecular flexibility index (Phi) is 4.13. The molecule has 5 nitrogen and oxygen atoms in total. The fourth-order valence-electron chi connectivity index (χ4n) is 3.07. The summed E-state index contributed by atoms with van der Waals surface area (Å²) in [5, 5.41) is 9.26. The number of rotatable bonds is 4. The van der Waals surface area contributed by atoms with Gasteiger partial charge in [0.05, 0.1) is 15.7 Å². The molecule has 3 aromatic rings. The number of hydrogen-bond donors (Lipinski definition) is 1. The molecular formula is C18H16Cl2N4O. The number of aromatic nitrogens is 3. The third-order valence-electron chi connectivity index (χ3n) is 4.35. The zero-order valence-electron chi connectivity index (χ0n) is 13.6. The number of carbonyl (C=O) groups is 1.